The Hall–Kier alpha value is -2.45. The molecular formula is C23H30ClFN6O. The number of piperazine rings is 1. The van der Waals surface area contributed by atoms with Crippen molar-refractivity contribution in [3.63, 3.8) is 0 Å². The molecule has 1 N–H and O–H groups in total. The smallest absolute Gasteiger partial charge is 0.272 e. The Bertz CT molecular complexity index is 959. The zero-order valence-corrected chi connectivity index (χ0v) is 19.4. The molecule has 0 saturated carbocycles. The van der Waals surface area contributed by atoms with Gasteiger partial charge < -0.3 is 20.0 Å². The number of amides is 1. The zero-order valence-electron chi connectivity index (χ0n) is 18.7. The van der Waals surface area contributed by atoms with Crippen LogP contribution in [0.3, 0.4) is 0 Å². The molecule has 2 saturated heterocycles. The highest BCUT2D eigenvalue weighted by Gasteiger charge is 2.24. The first-order valence-electron chi connectivity index (χ1n) is 11.3. The van der Waals surface area contributed by atoms with Gasteiger partial charge in [-0.2, -0.15) is 0 Å². The van der Waals surface area contributed by atoms with Gasteiger partial charge in [-0.1, -0.05) is 18.5 Å². The number of anilines is 2. The molecular weight excluding hydrogens is 431 g/mol. The Morgan fingerprint density at radius 2 is 1.88 bits per heavy atom. The number of hydrogen-bond acceptors (Lipinski definition) is 6. The third-order valence-corrected chi connectivity index (χ3v) is 6.58. The molecule has 0 aliphatic carbocycles. The average molecular weight is 461 g/mol. The van der Waals surface area contributed by atoms with Gasteiger partial charge in [0, 0.05) is 50.5 Å². The summed E-state index contributed by atoms with van der Waals surface area (Å²) in [5, 5.41) is 3.16. The van der Waals surface area contributed by atoms with E-state index in [0.29, 0.717) is 5.95 Å². The van der Waals surface area contributed by atoms with Crippen LogP contribution in [0.1, 0.15) is 48.8 Å². The Morgan fingerprint density at radius 1 is 1.16 bits per heavy atom. The molecule has 1 aromatic carbocycles. The molecule has 1 unspecified atom stereocenters. The molecule has 0 bridgehead atoms. The fourth-order valence-electron chi connectivity index (χ4n) is 4.39. The van der Waals surface area contributed by atoms with E-state index in [-0.39, 0.29) is 16.5 Å². The first-order valence-corrected chi connectivity index (χ1v) is 11.7. The molecule has 9 heteroatoms. The Labute approximate surface area is 193 Å². The summed E-state index contributed by atoms with van der Waals surface area (Å²) in [6.45, 7) is 10.4. The van der Waals surface area contributed by atoms with Crippen LogP contribution >= 0.6 is 11.6 Å². The normalized spacial score (nSPS) is 18.1. The molecule has 7 nitrogen and oxygen atoms in total. The maximum absolute atomic E-state index is 14.2. The van der Waals surface area contributed by atoms with Crippen molar-refractivity contribution in [1.82, 2.24) is 20.2 Å². The Balaban J connectivity index is 1.53. The molecule has 4 rings (SSSR count). The van der Waals surface area contributed by atoms with Crippen LogP contribution in [0.5, 0.6) is 0 Å². The summed E-state index contributed by atoms with van der Waals surface area (Å²) >= 11 is 6.26. The fraction of sp³-hybridized carbons (Fsp3) is 0.522. The lowest BCUT2D eigenvalue weighted by Gasteiger charge is -2.37. The number of likely N-dealkylation sites (N-methyl/N-ethyl adjacent to an activating group) is 1. The topological polar surface area (TPSA) is 64.6 Å². The minimum Gasteiger partial charge on any atom is -0.369 e. The van der Waals surface area contributed by atoms with Crippen molar-refractivity contribution in [1.29, 1.82) is 0 Å². The number of hydrogen-bond donors (Lipinski definition) is 1. The van der Waals surface area contributed by atoms with Gasteiger partial charge in [-0.15, -0.1) is 0 Å². The second-order valence-electron chi connectivity index (χ2n) is 8.38. The second kappa shape index (κ2) is 10.0. The van der Waals surface area contributed by atoms with Crippen LogP contribution in [-0.4, -0.2) is 66.6 Å². The first kappa shape index (κ1) is 22.7. The molecule has 32 heavy (non-hydrogen) atoms. The van der Waals surface area contributed by atoms with Crippen LogP contribution < -0.4 is 15.1 Å². The van der Waals surface area contributed by atoms with E-state index >= 15 is 0 Å². The summed E-state index contributed by atoms with van der Waals surface area (Å²) in [4.78, 5) is 28.5. The maximum atomic E-state index is 14.2. The lowest BCUT2D eigenvalue weighted by atomic mass is 10.0. The van der Waals surface area contributed by atoms with Crippen molar-refractivity contribution in [3.05, 3.63) is 46.5 Å². The summed E-state index contributed by atoms with van der Waals surface area (Å²) in [5.74, 6) is -0.199. The third-order valence-electron chi connectivity index (χ3n) is 6.30. The van der Waals surface area contributed by atoms with E-state index in [1.54, 1.807) is 6.07 Å². The van der Waals surface area contributed by atoms with Crippen LogP contribution in [0.2, 0.25) is 5.02 Å². The van der Waals surface area contributed by atoms with Crippen molar-refractivity contribution in [2.24, 2.45) is 0 Å². The van der Waals surface area contributed by atoms with Crippen molar-refractivity contribution in [2.45, 2.75) is 32.7 Å². The van der Waals surface area contributed by atoms with Crippen molar-refractivity contribution >= 4 is 29.1 Å². The van der Waals surface area contributed by atoms with Crippen LogP contribution in [0.15, 0.2) is 24.4 Å². The molecule has 2 aliphatic rings. The number of nitrogens with zero attached hydrogens (tertiary/aromatic N) is 5. The number of benzene rings is 1. The molecule has 1 amide bonds. The highest BCUT2D eigenvalue weighted by molar-refractivity contribution is 6.33. The Kier molecular flexibility index (Phi) is 7.10. The number of halogens is 2. The fourth-order valence-corrected chi connectivity index (χ4v) is 4.57. The standard InChI is InChI=1S/C23H30ClFN6O/c1-3-29-10-12-30(13-11-29)20-7-6-17(25)14-18(20)16(2)27-22(32)21-19(24)15-26-23(28-21)31-8-4-5-9-31/h6-7,14-16H,3-5,8-13H2,1-2H3,(H,27,32). The number of carbonyl (C=O) groups excluding carboxylic acids is 1. The lowest BCUT2D eigenvalue weighted by molar-refractivity contribution is 0.0935. The highest BCUT2D eigenvalue weighted by atomic mass is 35.5. The van der Waals surface area contributed by atoms with Gasteiger partial charge in [0.1, 0.15) is 5.82 Å². The van der Waals surface area contributed by atoms with E-state index in [4.69, 9.17) is 11.6 Å². The van der Waals surface area contributed by atoms with Gasteiger partial charge in [-0.3, -0.25) is 4.79 Å². The van der Waals surface area contributed by atoms with Crippen molar-refractivity contribution < 1.29 is 9.18 Å². The van der Waals surface area contributed by atoms with Crippen molar-refractivity contribution in [3.8, 4) is 0 Å². The largest absolute Gasteiger partial charge is 0.369 e. The van der Waals surface area contributed by atoms with Gasteiger partial charge in [0.05, 0.1) is 17.3 Å². The summed E-state index contributed by atoms with van der Waals surface area (Å²) in [6.07, 6.45) is 3.64. The number of rotatable bonds is 6. The maximum Gasteiger partial charge on any atom is 0.272 e. The van der Waals surface area contributed by atoms with Gasteiger partial charge in [0.15, 0.2) is 5.69 Å². The van der Waals surface area contributed by atoms with Gasteiger partial charge in [0.25, 0.3) is 5.91 Å². The Morgan fingerprint density at radius 3 is 2.56 bits per heavy atom. The van der Waals surface area contributed by atoms with Gasteiger partial charge in [0.2, 0.25) is 5.95 Å². The number of carbonyl (C=O) groups is 1. The molecule has 2 aromatic rings. The summed E-state index contributed by atoms with van der Waals surface area (Å²) in [5.41, 5.74) is 1.83. The van der Waals surface area contributed by atoms with Gasteiger partial charge in [-0.05, 0) is 44.5 Å². The lowest BCUT2D eigenvalue weighted by Crippen LogP contribution is -2.46. The van der Waals surface area contributed by atoms with Crippen molar-refractivity contribution in [2.75, 3.05) is 55.6 Å². The van der Waals surface area contributed by atoms with Gasteiger partial charge >= 0.3 is 0 Å². The SMILES string of the molecule is CCN1CCN(c2ccc(F)cc2C(C)NC(=O)c2nc(N3CCCC3)ncc2Cl)CC1. The average Bonchev–Trinajstić information content (AvgIpc) is 3.34. The van der Waals surface area contributed by atoms with E-state index in [1.165, 1.54) is 18.3 Å². The van der Waals surface area contributed by atoms with Crippen LogP contribution in [-0.2, 0) is 0 Å². The molecule has 2 fully saturated rings. The van der Waals surface area contributed by atoms with E-state index in [0.717, 1.165) is 69.9 Å². The minimum atomic E-state index is -0.418. The van der Waals surface area contributed by atoms with E-state index in [9.17, 15) is 9.18 Å². The first-order chi connectivity index (χ1) is 15.5. The molecule has 2 aliphatic heterocycles. The van der Waals surface area contributed by atoms with Crippen LogP contribution in [0, 0.1) is 5.82 Å². The molecule has 3 heterocycles. The highest BCUT2D eigenvalue weighted by Crippen LogP contribution is 2.29. The predicted octanol–water partition coefficient (Wildman–Crippen LogP) is 3.50. The van der Waals surface area contributed by atoms with E-state index in [2.05, 4.69) is 36.9 Å². The molecule has 0 radical (unpaired) electrons. The quantitative estimate of drug-likeness (QED) is 0.711. The molecule has 172 valence electrons. The summed E-state index contributed by atoms with van der Waals surface area (Å²) in [6, 6.07) is 4.36. The monoisotopic (exact) mass is 460 g/mol. The third kappa shape index (κ3) is 4.96. The zero-order chi connectivity index (χ0) is 22.7. The minimum absolute atomic E-state index is 0.143. The second-order valence-corrected chi connectivity index (χ2v) is 8.79. The predicted molar refractivity (Wildman–Crippen MR) is 125 cm³/mol. The molecule has 0 spiro atoms. The number of aromatic nitrogens is 2. The van der Waals surface area contributed by atoms with Gasteiger partial charge in [-0.25, -0.2) is 14.4 Å². The summed E-state index contributed by atoms with van der Waals surface area (Å²) < 4.78 is 14.2. The molecule has 1 aromatic heterocycles. The molecule has 1 atom stereocenters. The van der Waals surface area contributed by atoms with Crippen LogP contribution in [0.4, 0.5) is 16.0 Å². The van der Waals surface area contributed by atoms with E-state index in [1.807, 2.05) is 6.92 Å². The van der Waals surface area contributed by atoms with Crippen LogP contribution in [0.25, 0.3) is 0 Å². The number of nitrogens with one attached hydrogen (secondary N) is 1. The van der Waals surface area contributed by atoms with E-state index < -0.39 is 11.9 Å². The summed E-state index contributed by atoms with van der Waals surface area (Å²) in [7, 11) is 0.